The largest absolute Gasteiger partial charge is 0.493 e. The summed E-state index contributed by atoms with van der Waals surface area (Å²) in [5, 5.41) is 3.58. The van der Waals surface area contributed by atoms with E-state index in [-0.39, 0.29) is 48.0 Å². The monoisotopic (exact) mass is 715 g/mol. The van der Waals surface area contributed by atoms with Gasteiger partial charge in [0.2, 0.25) is 15.9 Å². The van der Waals surface area contributed by atoms with E-state index in [1.165, 1.54) is 36.4 Å². The average molecular weight is 716 g/mol. The first kappa shape index (κ1) is 35.8. The predicted molar refractivity (Wildman–Crippen MR) is 187 cm³/mol. The lowest BCUT2D eigenvalue weighted by molar-refractivity contribution is -0.142. The van der Waals surface area contributed by atoms with Crippen LogP contribution in [-0.4, -0.2) is 78.6 Å². The number of benzene rings is 2. The van der Waals surface area contributed by atoms with Gasteiger partial charge < -0.3 is 24.4 Å². The third kappa shape index (κ3) is 8.83. The molecule has 0 aromatic heterocycles. The number of fused-ring (bicyclic) bond motifs is 2. The van der Waals surface area contributed by atoms with Crippen LogP contribution in [0.25, 0.3) is 0 Å². The number of ether oxygens (including phenoxy) is 3. The summed E-state index contributed by atoms with van der Waals surface area (Å²) in [6.07, 6.45) is 8.69. The molecule has 0 radical (unpaired) electrons. The summed E-state index contributed by atoms with van der Waals surface area (Å²) < 4.78 is 47.7. The molecule has 1 aliphatic carbocycles. The predicted octanol–water partition coefficient (Wildman–Crippen LogP) is 6.95. The molecule has 2 unspecified atom stereocenters. The lowest BCUT2D eigenvalue weighted by Gasteiger charge is -2.44. The number of sulfonamides is 1. The van der Waals surface area contributed by atoms with E-state index in [0.717, 1.165) is 12.8 Å². The molecule has 3 saturated heterocycles. The Morgan fingerprint density at radius 3 is 2.12 bits per heavy atom. The fraction of sp³-hybridized carbons (Fsp3) is 0.622. The van der Waals surface area contributed by atoms with E-state index in [1.807, 2.05) is 25.7 Å². The molecule has 268 valence electrons. The van der Waals surface area contributed by atoms with E-state index in [0.29, 0.717) is 48.3 Å². The number of hydrogen-bond donors (Lipinski definition) is 1. The molecule has 4 atom stereocenters. The highest BCUT2D eigenvalue weighted by molar-refractivity contribution is 7.89. The van der Waals surface area contributed by atoms with Crippen LogP contribution in [0.3, 0.4) is 0 Å². The van der Waals surface area contributed by atoms with Gasteiger partial charge in [0.1, 0.15) is 29.2 Å². The Hall–Kier alpha value is -3.02. The summed E-state index contributed by atoms with van der Waals surface area (Å²) in [5.41, 5.74) is -0.609. The Bertz CT molecular complexity index is 1540. The highest BCUT2D eigenvalue weighted by atomic mass is 35.5. The van der Waals surface area contributed by atoms with Gasteiger partial charge in [0.15, 0.2) is 0 Å². The van der Waals surface area contributed by atoms with Crippen LogP contribution in [0.15, 0.2) is 53.4 Å². The molecule has 0 spiro atoms. The summed E-state index contributed by atoms with van der Waals surface area (Å²) in [6, 6.07) is 12.4. The molecule has 4 fully saturated rings. The minimum Gasteiger partial charge on any atom is -0.493 e. The van der Waals surface area contributed by atoms with Crippen molar-refractivity contribution in [3.8, 4) is 11.5 Å². The van der Waals surface area contributed by atoms with Crippen molar-refractivity contribution in [3.63, 3.8) is 0 Å². The number of nitrogens with zero attached hydrogens (tertiary/aromatic N) is 2. The van der Waals surface area contributed by atoms with Crippen LogP contribution in [0, 0.1) is 5.92 Å². The van der Waals surface area contributed by atoms with Gasteiger partial charge in [-0.25, -0.2) is 13.2 Å². The summed E-state index contributed by atoms with van der Waals surface area (Å²) >= 11 is 6.08. The van der Waals surface area contributed by atoms with E-state index >= 15 is 0 Å². The first-order chi connectivity index (χ1) is 23.4. The van der Waals surface area contributed by atoms with E-state index in [2.05, 4.69) is 5.32 Å². The maximum absolute atomic E-state index is 14.6. The van der Waals surface area contributed by atoms with Gasteiger partial charge >= 0.3 is 6.09 Å². The number of rotatable bonds is 9. The second-order valence-electron chi connectivity index (χ2n) is 15.1. The Kier molecular flexibility index (Phi) is 11.0. The molecular formula is C37H50ClN3O7S. The summed E-state index contributed by atoms with van der Waals surface area (Å²) in [4.78, 5) is 29.1. The first-order valence-electron chi connectivity index (χ1n) is 17.8. The van der Waals surface area contributed by atoms with E-state index < -0.39 is 27.8 Å². The number of piperidine rings is 2. The molecule has 49 heavy (non-hydrogen) atoms. The van der Waals surface area contributed by atoms with E-state index in [1.54, 1.807) is 48.5 Å². The van der Waals surface area contributed by atoms with Crippen LogP contribution in [0.5, 0.6) is 11.5 Å². The molecule has 2 aromatic carbocycles. The van der Waals surface area contributed by atoms with Crippen molar-refractivity contribution < 1.29 is 32.2 Å². The quantitative estimate of drug-likeness (QED) is 0.299. The highest BCUT2D eigenvalue weighted by Gasteiger charge is 2.50. The standard InChI is InChI=1S/C37H50ClN3O7S/c1-37(2,3)48-36(43)39-27-21-28-11-12-29(22-27)41(28)35(42)34-23-32(47-31-13-9-26(38)10-14-31)19-20-40(34)49(44,45)33-17-15-30(16-18-33)46-24-25-7-5-4-6-8-25/h9-10,13-18,25,27-29,32,34H,4-8,11-12,19-24H2,1-3H3,(H,39,43)/t27?,28?,29?,32-,34+/m1/s1. The molecular weight excluding hydrogens is 666 g/mol. The van der Waals surface area contributed by atoms with Gasteiger partial charge in [-0.05, 0) is 120 Å². The van der Waals surface area contributed by atoms with Gasteiger partial charge in [0.05, 0.1) is 11.5 Å². The molecule has 2 bridgehead atoms. The maximum atomic E-state index is 14.6. The Morgan fingerprint density at radius 2 is 1.49 bits per heavy atom. The third-order valence-corrected chi connectivity index (χ3v) is 12.4. The smallest absolute Gasteiger partial charge is 0.407 e. The number of hydrogen-bond acceptors (Lipinski definition) is 7. The van der Waals surface area contributed by atoms with Crippen LogP contribution in [-0.2, 0) is 19.6 Å². The molecule has 3 aliphatic heterocycles. The molecule has 2 amide bonds. The molecule has 1 N–H and O–H groups in total. The van der Waals surface area contributed by atoms with Crippen molar-refractivity contribution in [2.75, 3.05) is 13.2 Å². The molecule has 10 nitrogen and oxygen atoms in total. The second kappa shape index (κ2) is 15.1. The van der Waals surface area contributed by atoms with Crippen LogP contribution >= 0.6 is 11.6 Å². The second-order valence-corrected chi connectivity index (χ2v) is 17.4. The van der Waals surface area contributed by atoms with Crippen LogP contribution < -0.4 is 14.8 Å². The molecule has 6 rings (SSSR count). The van der Waals surface area contributed by atoms with E-state index in [9.17, 15) is 18.0 Å². The fourth-order valence-electron chi connectivity index (χ4n) is 7.95. The van der Waals surface area contributed by atoms with Gasteiger partial charge in [0.25, 0.3) is 0 Å². The zero-order chi connectivity index (χ0) is 34.8. The Labute approximate surface area is 295 Å². The number of alkyl carbamates (subject to hydrolysis) is 1. The van der Waals surface area contributed by atoms with Crippen LogP contribution in [0.2, 0.25) is 5.02 Å². The lowest BCUT2D eigenvalue weighted by atomic mass is 9.90. The van der Waals surface area contributed by atoms with Crippen molar-refractivity contribution in [1.29, 1.82) is 0 Å². The SMILES string of the molecule is CC(C)(C)OC(=O)NC1CC2CCC(C1)N2C(=O)[C@@H]1C[C@H](Oc2ccc(Cl)cc2)CCN1S(=O)(=O)c1ccc(OCC2CCCCC2)cc1. The minimum atomic E-state index is -4.02. The average Bonchev–Trinajstić information content (AvgIpc) is 3.33. The van der Waals surface area contributed by atoms with Gasteiger partial charge in [-0.3, -0.25) is 4.79 Å². The van der Waals surface area contributed by atoms with Crippen molar-refractivity contribution in [1.82, 2.24) is 14.5 Å². The topological polar surface area (TPSA) is 114 Å². The fourth-order valence-corrected chi connectivity index (χ4v) is 9.68. The zero-order valence-corrected chi connectivity index (χ0v) is 30.4. The van der Waals surface area contributed by atoms with Gasteiger partial charge in [0, 0.05) is 36.1 Å². The number of carbonyl (C=O) groups is 2. The third-order valence-electron chi connectivity index (χ3n) is 10.3. The normalized spacial score (nSPS) is 26.6. The van der Waals surface area contributed by atoms with Crippen molar-refractivity contribution in [2.45, 2.75) is 132 Å². The van der Waals surface area contributed by atoms with Crippen molar-refractivity contribution >= 4 is 33.6 Å². The molecule has 2 aromatic rings. The maximum Gasteiger partial charge on any atom is 0.407 e. The number of carbonyl (C=O) groups excluding carboxylic acids is 2. The molecule has 12 heteroatoms. The number of nitrogens with one attached hydrogen (secondary N) is 1. The zero-order valence-electron chi connectivity index (χ0n) is 28.8. The molecule has 3 heterocycles. The van der Waals surface area contributed by atoms with Crippen molar-refractivity contribution in [3.05, 3.63) is 53.6 Å². The van der Waals surface area contributed by atoms with Gasteiger partial charge in [-0.2, -0.15) is 4.31 Å². The Balaban J connectivity index is 1.18. The van der Waals surface area contributed by atoms with Gasteiger partial charge in [-0.1, -0.05) is 30.9 Å². The first-order valence-corrected chi connectivity index (χ1v) is 19.7. The van der Waals surface area contributed by atoms with Crippen LogP contribution in [0.1, 0.15) is 91.4 Å². The minimum absolute atomic E-state index is 0.103. The number of amides is 2. The summed E-state index contributed by atoms with van der Waals surface area (Å²) in [5.74, 6) is 1.60. The summed E-state index contributed by atoms with van der Waals surface area (Å²) in [6.45, 7) is 6.25. The summed E-state index contributed by atoms with van der Waals surface area (Å²) in [7, 11) is -4.02. The van der Waals surface area contributed by atoms with Crippen molar-refractivity contribution in [2.24, 2.45) is 5.92 Å². The lowest BCUT2D eigenvalue weighted by Crippen LogP contribution is -2.60. The van der Waals surface area contributed by atoms with Gasteiger partial charge in [-0.15, -0.1) is 0 Å². The van der Waals surface area contributed by atoms with Crippen LogP contribution in [0.4, 0.5) is 4.79 Å². The highest BCUT2D eigenvalue weighted by Crippen LogP contribution is 2.39. The molecule has 4 aliphatic rings. The molecule has 1 saturated carbocycles. The Morgan fingerprint density at radius 1 is 0.857 bits per heavy atom. The number of halogens is 1. The van der Waals surface area contributed by atoms with E-state index in [4.69, 9.17) is 25.8 Å².